The number of ether oxygens (including phenoxy) is 1. The number of aryl methyl sites for hydroxylation is 1. The molecule has 2 aromatic rings. The topological polar surface area (TPSA) is 101 Å². The Balaban J connectivity index is 2.43. The molecule has 0 unspecified atom stereocenters. The summed E-state index contributed by atoms with van der Waals surface area (Å²) in [5.41, 5.74) is -0.124. The van der Waals surface area contributed by atoms with Crippen molar-refractivity contribution in [3.05, 3.63) is 38.7 Å². The minimum atomic E-state index is -0.820. The molecule has 1 aromatic heterocycles. The van der Waals surface area contributed by atoms with Gasteiger partial charge in [0.1, 0.15) is 5.60 Å². The van der Waals surface area contributed by atoms with Crippen LogP contribution < -0.4 is 16.7 Å². The molecular formula is C14H16N2O5. The van der Waals surface area contributed by atoms with Gasteiger partial charge < -0.3 is 9.15 Å². The number of rotatable bonds is 1. The van der Waals surface area contributed by atoms with Crippen LogP contribution in [0.4, 0.5) is 10.5 Å². The molecule has 0 radical (unpaired) electrons. The molecule has 0 fully saturated rings. The number of aromatic nitrogens is 1. The fourth-order valence-electron chi connectivity index (χ4n) is 1.90. The highest BCUT2D eigenvalue weighted by Crippen LogP contribution is 2.22. The van der Waals surface area contributed by atoms with Gasteiger partial charge in [0, 0.05) is 5.69 Å². The number of carbonyl (C=O) groups is 1. The smallest absolute Gasteiger partial charge is 0.419 e. The van der Waals surface area contributed by atoms with Gasteiger partial charge in [0.2, 0.25) is 0 Å². The van der Waals surface area contributed by atoms with E-state index in [1.807, 2.05) is 0 Å². The summed E-state index contributed by atoms with van der Waals surface area (Å²) >= 11 is 0. The molecule has 2 rings (SSSR count). The number of hydrogen-bond donors (Lipinski definition) is 2. The van der Waals surface area contributed by atoms with Crippen LogP contribution in [0.2, 0.25) is 0 Å². The monoisotopic (exact) mass is 292 g/mol. The molecule has 0 aliphatic heterocycles. The van der Waals surface area contributed by atoms with Gasteiger partial charge in [-0.05, 0) is 45.4 Å². The van der Waals surface area contributed by atoms with Crippen molar-refractivity contribution in [1.29, 1.82) is 0 Å². The van der Waals surface area contributed by atoms with Crippen LogP contribution in [0.3, 0.4) is 0 Å². The number of carbonyl (C=O) groups excluding carboxylic acids is 1. The van der Waals surface area contributed by atoms with Gasteiger partial charge in [0.05, 0.1) is 10.9 Å². The highest BCUT2D eigenvalue weighted by Gasteiger charge is 2.18. The average molecular weight is 292 g/mol. The highest BCUT2D eigenvalue weighted by atomic mass is 16.6. The van der Waals surface area contributed by atoms with E-state index in [-0.39, 0.29) is 5.39 Å². The minimum Gasteiger partial charge on any atom is -0.444 e. The lowest BCUT2D eigenvalue weighted by Gasteiger charge is -2.20. The molecule has 0 saturated heterocycles. The molecule has 0 aliphatic rings. The van der Waals surface area contributed by atoms with Crippen molar-refractivity contribution in [2.24, 2.45) is 0 Å². The predicted molar refractivity (Wildman–Crippen MR) is 77.7 cm³/mol. The Morgan fingerprint density at radius 2 is 1.95 bits per heavy atom. The zero-order valence-corrected chi connectivity index (χ0v) is 12.2. The van der Waals surface area contributed by atoms with Crippen LogP contribution in [0.15, 0.2) is 26.1 Å². The van der Waals surface area contributed by atoms with Gasteiger partial charge >= 0.3 is 17.5 Å². The standard InChI is InChI=1S/C14H16N2O5/c1-7-8(15-13(19)21-14(2,3)4)5-6-9-10(7)11(17)20-12(18)16-9/h5-6H,1-4H3,(H,15,19)(H,16,18). The second-order valence-corrected chi connectivity index (χ2v) is 5.59. The van der Waals surface area contributed by atoms with Gasteiger partial charge in [-0.3, -0.25) is 10.3 Å². The summed E-state index contributed by atoms with van der Waals surface area (Å²) in [5.74, 6) is -0.820. The Kier molecular flexibility index (Phi) is 3.59. The van der Waals surface area contributed by atoms with Gasteiger partial charge in [0.25, 0.3) is 0 Å². The summed E-state index contributed by atoms with van der Waals surface area (Å²) in [6, 6.07) is 3.10. The summed E-state index contributed by atoms with van der Waals surface area (Å²) in [4.78, 5) is 37.1. The Labute approximate surface area is 119 Å². The number of fused-ring (bicyclic) bond motifs is 1. The third kappa shape index (κ3) is 3.31. The second-order valence-electron chi connectivity index (χ2n) is 5.59. The fraction of sp³-hybridized carbons (Fsp3) is 0.357. The molecule has 0 aliphatic carbocycles. The molecule has 21 heavy (non-hydrogen) atoms. The molecular weight excluding hydrogens is 276 g/mol. The first kappa shape index (κ1) is 14.8. The van der Waals surface area contributed by atoms with E-state index in [1.54, 1.807) is 33.8 Å². The molecule has 0 atom stereocenters. The first-order valence-electron chi connectivity index (χ1n) is 6.34. The predicted octanol–water partition coefficient (Wildman–Crippen LogP) is 2.14. The number of amides is 1. The maximum absolute atomic E-state index is 11.8. The van der Waals surface area contributed by atoms with E-state index in [0.717, 1.165) is 0 Å². The summed E-state index contributed by atoms with van der Waals surface area (Å²) in [6.07, 6.45) is -0.626. The molecule has 1 heterocycles. The van der Waals surface area contributed by atoms with E-state index in [2.05, 4.69) is 14.7 Å². The van der Waals surface area contributed by atoms with Gasteiger partial charge in [0.15, 0.2) is 0 Å². The zero-order chi connectivity index (χ0) is 15.8. The molecule has 0 bridgehead atoms. The van der Waals surface area contributed by atoms with Crippen LogP contribution in [0, 0.1) is 6.92 Å². The molecule has 1 amide bonds. The summed E-state index contributed by atoms with van der Waals surface area (Å²) < 4.78 is 9.65. The summed E-state index contributed by atoms with van der Waals surface area (Å²) in [7, 11) is 0. The normalized spacial score (nSPS) is 11.4. The number of benzene rings is 1. The largest absolute Gasteiger partial charge is 0.444 e. The van der Waals surface area contributed by atoms with Gasteiger partial charge in [-0.15, -0.1) is 0 Å². The van der Waals surface area contributed by atoms with Crippen molar-refractivity contribution in [2.45, 2.75) is 33.3 Å². The SMILES string of the molecule is Cc1c(NC(=O)OC(C)(C)C)ccc2[nH]c(=O)oc(=O)c12. The van der Waals surface area contributed by atoms with Crippen LogP contribution >= 0.6 is 0 Å². The van der Waals surface area contributed by atoms with Gasteiger partial charge in [-0.2, -0.15) is 0 Å². The maximum Gasteiger partial charge on any atom is 0.419 e. The Bertz CT molecular complexity index is 811. The Morgan fingerprint density at radius 3 is 2.57 bits per heavy atom. The van der Waals surface area contributed by atoms with Crippen molar-refractivity contribution >= 4 is 22.7 Å². The Morgan fingerprint density at radius 1 is 1.29 bits per heavy atom. The van der Waals surface area contributed by atoms with Crippen LogP contribution in [-0.2, 0) is 4.74 Å². The summed E-state index contributed by atoms with van der Waals surface area (Å²) in [6.45, 7) is 6.89. The van der Waals surface area contributed by atoms with Crippen LogP contribution in [-0.4, -0.2) is 16.7 Å². The van der Waals surface area contributed by atoms with Crippen molar-refractivity contribution in [3.8, 4) is 0 Å². The quantitative estimate of drug-likeness (QED) is 0.838. The molecule has 112 valence electrons. The number of nitrogens with one attached hydrogen (secondary N) is 2. The van der Waals surface area contributed by atoms with Gasteiger partial charge in [-0.1, -0.05) is 0 Å². The third-order valence-corrected chi connectivity index (χ3v) is 2.73. The first-order valence-corrected chi connectivity index (χ1v) is 6.34. The first-order chi connectivity index (χ1) is 9.67. The number of anilines is 1. The molecule has 1 aromatic carbocycles. The average Bonchev–Trinajstić information content (AvgIpc) is 2.29. The van der Waals surface area contributed by atoms with Crippen LogP contribution in [0.25, 0.3) is 10.9 Å². The molecule has 0 saturated carbocycles. The number of hydrogen-bond acceptors (Lipinski definition) is 5. The van der Waals surface area contributed by atoms with E-state index >= 15 is 0 Å². The van der Waals surface area contributed by atoms with Crippen molar-refractivity contribution < 1.29 is 13.9 Å². The maximum atomic E-state index is 11.8. The third-order valence-electron chi connectivity index (χ3n) is 2.73. The Hall–Kier alpha value is -2.57. The number of H-pyrrole nitrogens is 1. The van der Waals surface area contributed by atoms with Crippen LogP contribution in [0.1, 0.15) is 26.3 Å². The van der Waals surface area contributed by atoms with Crippen LogP contribution in [0.5, 0.6) is 0 Å². The van der Waals surface area contributed by atoms with E-state index < -0.39 is 23.1 Å². The summed E-state index contributed by atoms with van der Waals surface area (Å²) in [5, 5.41) is 2.78. The van der Waals surface area contributed by atoms with E-state index in [4.69, 9.17) is 4.74 Å². The van der Waals surface area contributed by atoms with Crippen molar-refractivity contribution in [2.75, 3.05) is 5.32 Å². The van der Waals surface area contributed by atoms with E-state index in [9.17, 15) is 14.4 Å². The van der Waals surface area contributed by atoms with Crippen molar-refractivity contribution in [1.82, 2.24) is 4.98 Å². The second kappa shape index (κ2) is 5.08. The lowest BCUT2D eigenvalue weighted by Crippen LogP contribution is -2.27. The molecule has 2 N–H and O–H groups in total. The molecule has 0 spiro atoms. The fourth-order valence-corrected chi connectivity index (χ4v) is 1.90. The van der Waals surface area contributed by atoms with Crippen molar-refractivity contribution in [3.63, 3.8) is 0 Å². The number of aromatic amines is 1. The zero-order valence-electron chi connectivity index (χ0n) is 12.2. The van der Waals surface area contributed by atoms with E-state index in [1.165, 1.54) is 6.07 Å². The molecule has 7 nitrogen and oxygen atoms in total. The lowest BCUT2D eigenvalue weighted by atomic mass is 10.1. The van der Waals surface area contributed by atoms with Gasteiger partial charge in [-0.25, -0.2) is 14.4 Å². The minimum absolute atomic E-state index is 0.211. The highest BCUT2D eigenvalue weighted by molar-refractivity contribution is 5.92. The van der Waals surface area contributed by atoms with E-state index in [0.29, 0.717) is 16.8 Å². The molecule has 7 heteroatoms. The lowest BCUT2D eigenvalue weighted by molar-refractivity contribution is 0.0636.